The number of sulfonamides is 1. The number of methoxy groups -OCH3 is 1. The number of carbonyl (C=O) groups is 1. The molecule has 7 nitrogen and oxygen atoms in total. The lowest BCUT2D eigenvalue weighted by atomic mass is 10.1. The number of nitrogens with one attached hydrogen (secondary N) is 1. The van der Waals surface area contributed by atoms with Crippen molar-refractivity contribution in [2.24, 2.45) is 5.92 Å². The summed E-state index contributed by atoms with van der Waals surface area (Å²) >= 11 is 0. The van der Waals surface area contributed by atoms with Crippen LogP contribution in [0.2, 0.25) is 0 Å². The van der Waals surface area contributed by atoms with Gasteiger partial charge in [0.2, 0.25) is 10.0 Å². The summed E-state index contributed by atoms with van der Waals surface area (Å²) in [5, 5.41) is 2.66. The van der Waals surface area contributed by atoms with E-state index in [1.54, 1.807) is 0 Å². The van der Waals surface area contributed by atoms with Crippen molar-refractivity contribution in [1.29, 1.82) is 0 Å². The second-order valence-electron chi connectivity index (χ2n) is 5.76. The van der Waals surface area contributed by atoms with Gasteiger partial charge in [-0.2, -0.15) is 0 Å². The number of halogens is 1. The molecule has 0 saturated carbocycles. The Morgan fingerprint density at radius 2 is 2.12 bits per heavy atom. The fourth-order valence-electron chi connectivity index (χ4n) is 2.43. The van der Waals surface area contributed by atoms with Crippen LogP contribution in [0.15, 0.2) is 18.2 Å². The van der Waals surface area contributed by atoms with Gasteiger partial charge in [-0.15, -0.1) is 0 Å². The highest BCUT2D eigenvalue weighted by molar-refractivity contribution is 7.89. The summed E-state index contributed by atoms with van der Waals surface area (Å²) in [4.78, 5) is 12.3. The molecule has 0 aromatic heterocycles. The lowest BCUT2D eigenvalue weighted by molar-refractivity contribution is 0.0921. The third-order valence-corrected chi connectivity index (χ3v) is 5.89. The molecule has 2 atom stereocenters. The van der Waals surface area contributed by atoms with Gasteiger partial charge in [0, 0.05) is 20.0 Å². The smallest absolute Gasteiger partial charge is 0.254 e. The van der Waals surface area contributed by atoms with Crippen molar-refractivity contribution in [3.8, 4) is 5.75 Å². The summed E-state index contributed by atoms with van der Waals surface area (Å²) in [5.41, 5.74) is -0.157. The van der Waals surface area contributed by atoms with Gasteiger partial charge in [0.05, 0.1) is 37.7 Å². The minimum Gasteiger partial charge on any atom is -0.494 e. The van der Waals surface area contributed by atoms with Crippen molar-refractivity contribution in [3.63, 3.8) is 0 Å². The van der Waals surface area contributed by atoms with Gasteiger partial charge < -0.3 is 14.8 Å². The second kappa shape index (κ2) is 7.45. The van der Waals surface area contributed by atoms with E-state index in [1.807, 2.05) is 0 Å². The van der Waals surface area contributed by atoms with Crippen LogP contribution in [-0.2, 0) is 14.8 Å². The van der Waals surface area contributed by atoms with E-state index < -0.39 is 33.7 Å². The molecule has 1 fully saturated rings. The monoisotopic (exact) mass is 360 g/mol. The first-order valence-corrected chi connectivity index (χ1v) is 8.98. The number of rotatable bonds is 6. The normalized spacial score (nSPS) is 21.0. The van der Waals surface area contributed by atoms with Crippen molar-refractivity contribution in [3.05, 3.63) is 29.6 Å². The van der Waals surface area contributed by atoms with Crippen LogP contribution in [0.1, 0.15) is 10.4 Å². The van der Waals surface area contributed by atoms with Crippen LogP contribution >= 0.6 is 0 Å². The summed E-state index contributed by atoms with van der Waals surface area (Å²) < 4.78 is 49.4. The molecule has 0 radical (unpaired) electrons. The number of hydrogen-bond donors (Lipinski definition) is 1. The van der Waals surface area contributed by atoms with E-state index in [0.717, 1.165) is 4.31 Å². The molecule has 1 aliphatic heterocycles. The van der Waals surface area contributed by atoms with Crippen LogP contribution in [0.4, 0.5) is 4.39 Å². The van der Waals surface area contributed by atoms with Crippen LogP contribution in [0.25, 0.3) is 0 Å². The molecule has 1 heterocycles. The highest BCUT2D eigenvalue weighted by atomic mass is 32.2. The van der Waals surface area contributed by atoms with E-state index in [2.05, 4.69) is 5.32 Å². The summed E-state index contributed by atoms with van der Waals surface area (Å²) in [5.74, 6) is -1.96. The van der Waals surface area contributed by atoms with Crippen molar-refractivity contribution in [2.75, 3.05) is 40.2 Å². The highest BCUT2D eigenvalue weighted by Gasteiger charge is 2.34. The van der Waals surface area contributed by atoms with E-state index in [0.29, 0.717) is 0 Å². The molecule has 2 rings (SSSR count). The molecule has 0 unspecified atom stereocenters. The number of amides is 1. The fraction of sp³-hybridized carbons (Fsp3) is 0.533. The molecule has 0 spiro atoms. The first kappa shape index (κ1) is 18.6. The zero-order valence-corrected chi connectivity index (χ0v) is 14.6. The van der Waals surface area contributed by atoms with Gasteiger partial charge in [-0.1, -0.05) is 6.07 Å². The summed E-state index contributed by atoms with van der Waals surface area (Å²) in [6.07, 6.45) is 0. The standard InChI is InChI=1S/C15H21FN2O5S/c1-18(2)24(20,21)9-10-7-23-8-12(10)17-15(19)11-5-4-6-13(22-3)14(11)16/h4-6,10,12H,7-9H2,1-3H3,(H,17,19)/t10-,12+/m0/s1. The maximum Gasteiger partial charge on any atom is 0.254 e. The van der Waals surface area contributed by atoms with Gasteiger partial charge in [-0.25, -0.2) is 17.1 Å². The fourth-order valence-corrected chi connectivity index (χ4v) is 3.60. The highest BCUT2D eigenvalue weighted by Crippen LogP contribution is 2.22. The Bertz CT molecular complexity index is 708. The van der Waals surface area contributed by atoms with Crippen LogP contribution in [0.3, 0.4) is 0 Å². The largest absolute Gasteiger partial charge is 0.494 e. The first-order valence-electron chi connectivity index (χ1n) is 7.37. The minimum atomic E-state index is -3.43. The Morgan fingerprint density at radius 3 is 2.75 bits per heavy atom. The van der Waals surface area contributed by atoms with E-state index >= 15 is 0 Å². The molecule has 24 heavy (non-hydrogen) atoms. The molecule has 1 aromatic carbocycles. The zero-order valence-electron chi connectivity index (χ0n) is 13.8. The third kappa shape index (κ3) is 4.03. The van der Waals surface area contributed by atoms with Crippen LogP contribution in [-0.4, -0.2) is 64.8 Å². The lowest BCUT2D eigenvalue weighted by Gasteiger charge is -2.21. The molecule has 134 valence electrons. The Labute approximate surface area is 140 Å². The lowest BCUT2D eigenvalue weighted by Crippen LogP contribution is -2.43. The molecular formula is C15H21FN2O5S. The van der Waals surface area contributed by atoms with E-state index in [-0.39, 0.29) is 30.3 Å². The van der Waals surface area contributed by atoms with Crippen molar-refractivity contribution in [1.82, 2.24) is 9.62 Å². The van der Waals surface area contributed by atoms with Gasteiger partial charge in [-0.05, 0) is 12.1 Å². The maximum atomic E-state index is 14.2. The number of benzene rings is 1. The maximum absolute atomic E-state index is 14.2. The zero-order chi connectivity index (χ0) is 17.9. The Hall–Kier alpha value is -1.71. The molecule has 1 aliphatic rings. The SMILES string of the molecule is COc1cccc(C(=O)N[C@@H]2COC[C@H]2CS(=O)(=O)N(C)C)c1F. The Morgan fingerprint density at radius 1 is 1.42 bits per heavy atom. The number of carbonyl (C=O) groups excluding carboxylic acids is 1. The van der Waals surface area contributed by atoms with Crippen LogP contribution < -0.4 is 10.1 Å². The van der Waals surface area contributed by atoms with Gasteiger partial charge in [-0.3, -0.25) is 4.79 Å². The second-order valence-corrected chi connectivity index (χ2v) is 7.99. The average Bonchev–Trinajstić information content (AvgIpc) is 2.93. The number of ether oxygens (including phenoxy) is 2. The van der Waals surface area contributed by atoms with Gasteiger partial charge in [0.1, 0.15) is 0 Å². The Kier molecular flexibility index (Phi) is 5.79. The summed E-state index contributed by atoms with van der Waals surface area (Å²) in [6.45, 7) is 0.406. The summed E-state index contributed by atoms with van der Waals surface area (Å²) in [7, 11) is 0.784. The van der Waals surface area contributed by atoms with Crippen LogP contribution in [0, 0.1) is 11.7 Å². The first-order chi connectivity index (χ1) is 11.3. The number of nitrogens with zero attached hydrogens (tertiary/aromatic N) is 1. The van der Waals surface area contributed by atoms with Crippen molar-refractivity contribution < 1.29 is 27.1 Å². The molecule has 1 amide bonds. The number of hydrogen-bond acceptors (Lipinski definition) is 5. The van der Waals surface area contributed by atoms with Gasteiger partial charge >= 0.3 is 0 Å². The minimum absolute atomic E-state index is 0.0305. The molecule has 0 bridgehead atoms. The topological polar surface area (TPSA) is 84.9 Å². The molecule has 9 heteroatoms. The van der Waals surface area contributed by atoms with Crippen molar-refractivity contribution >= 4 is 15.9 Å². The molecule has 1 N–H and O–H groups in total. The molecule has 1 saturated heterocycles. The van der Waals surface area contributed by atoms with E-state index in [4.69, 9.17) is 9.47 Å². The van der Waals surface area contributed by atoms with Gasteiger partial charge in [0.25, 0.3) is 5.91 Å². The van der Waals surface area contributed by atoms with Crippen LogP contribution in [0.5, 0.6) is 5.75 Å². The summed E-state index contributed by atoms with van der Waals surface area (Å²) in [6, 6.07) is 3.76. The van der Waals surface area contributed by atoms with Gasteiger partial charge in [0.15, 0.2) is 11.6 Å². The molecule has 1 aromatic rings. The van der Waals surface area contributed by atoms with E-state index in [9.17, 15) is 17.6 Å². The quantitative estimate of drug-likeness (QED) is 0.797. The van der Waals surface area contributed by atoms with E-state index in [1.165, 1.54) is 39.4 Å². The van der Waals surface area contributed by atoms with Crippen molar-refractivity contribution in [2.45, 2.75) is 6.04 Å². The molecule has 0 aliphatic carbocycles. The Balaban J connectivity index is 2.11. The average molecular weight is 360 g/mol. The predicted molar refractivity (Wildman–Crippen MR) is 86.0 cm³/mol. The molecular weight excluding hydrogens is 339 g/mol. The predicted octanol–water partition coefficient (Wildman–Crippen LogP) is 0.470. The third-order valence-electron chi connectivity index (χ3n) is 3.92.